The molecule has 2 aromatic carbocycles. The van der Waals surface area contributed by atoms with Crippen molar-refractivity contribution >= 4 is 23.5 Å². The predicted octanol–water partition coefficient (Wildman–Crippen LogP) is 5.43. The van der Waals surface area contributed by atoms with Gasteiger partial charge in [0.2, 0.25) is 0 Å². The third-order valence-corrected chi connectivity index (χ3v) is 5.47. The minimum Gasteiger partial charge on any atom is -0.456 e. The van der Waals surface area contributed by atoms with E-state index in [4.69, 9.17) is 20.4 Å². The highest BCUT2D eigenvalue weighted by Gasteiger charge is 2.27. The number of nitrogens with two attached hydrogens (primary N) is 1. The summed E-state index contributed by atoms with van der Waals surface area (Å²) >= 11 is 0. The van der Waals surface area contributed by atoms with Crippen molar-refractivity contribution in [3.05, 3.63) is 65.2 Å². The average Bonchev–Trinajstić information content (AvgIpc) is 2.81. The number of esters is 1. The molecular formula is C28H35N3O5. The van der Waals surface area contributed by atoms with Crippen molar-refractivity contribution in [3.8, 4) is 11.1 Å². The Morgan fingerprint density at radius 1 is 0.944 bits per heavy atom. The Morgan fingerprint density at radius 3 is 2.08 bits per heavy atom. The van der Waals surface area contributed by atoms with Gasteiger partial charge in [0.1, 0.15) is 11.2 Å². The second kappa shape index (κ2) is 10.4. The molecule has 0 bridgehead atoms. The summed E-state index contributed by atoms with van der Waals surface area (Å²) in [6, 6.07) is 12.9. The molecule has 36 heavy (non-hydrogen) atoms. The van der Waals surface area contributed by atoms with Gasteiger partial charge in [0.25, 0.3) is 0 Å². The van der Waals surface area contributed by atoms with E-state index < -0.39 is 17.2 Å². The van der Waals surface area contributed by atoms with E-state index in [9.17, 15) is 9.59 Å². The second-order valence-corrected chi connectivity index (χ2v) is 10.7. The maximum atomic E-state index is 13.1. The summed E-state index contributed by atoms with van der Waals surface area (Å²) in [6.45, 7) is 11.9. The van der Waals surface area contributed by atoms with Gasteiger partial charge in [0.15, 0.2) is 5.84 Å². The van der Waals surface area contributed by atoms with Gasteiger partial charge in [-0.15, -0.1) is 0 Å². The van der Waals surface area contributed by atoms with Crippen LogP contribution in [0.25, 0.3) is 16.7 Å². The van der Waals surface area contributed by atoms with Crippen LogP contribution >= 0.6 is 0 Å². The minimum absolute atomic E-state index is 0.0319. The zero-order valence-electron chi connectivity index (χ0n) is 21.8. The van der Waals surface area contributed by atoms with Gasteiger partial charge in [-0.05, 0) is 82.4 Å². The van der Waals surface area contributed by atoms with Crippen LogP contribution < -0.4 is 5.73 Å². The van der Waals surface area contributed by atoms with E-state index in [2.05, 4.69) is 5.16 Å². The maximum absolute atomic E-state index is 13.1. The number of carbonyl (C=O) groups is 2. The lowest BCUT2D eigenvalue weighted by Gasteiger charge is -2.30. The molecule has 0 aromatic heterocycles. The molecule has 0 atom stereocenters. The van der Waals surface area contributed by atoms with Gasteiger partial charge in [0.05, 0.1) is 5.56 Å². The number of hydrogen-bond acceptors (Lipinski definition) is 6. The topological polar surface area (TPSA) is 114 Å². The van der Waals surface area contributed by atoms with Gasteiger partial charge < -0.3 is 25.3 Å². The first-order chi connectivity index (χ1) is 16.8. The fraction of sp³-hybridized carbons (Fsp3) is 0.393. The lowest BCUT2D eigenvalue weighted by molar-refractivity contribution is 0.00681. The Hall–Kier alpha value is -3.81. The third-order valence-electron chi connectivity index (χ3n) is 5.47. The van der Waals surface area contributed by atoms with E-state index in [1.54, 1.807) is 23.1 Å². The third kappa shape index (κ3) is 6.87. The van der Waals surface area contributed by atoms with Crippen LogP contribution in [0.4, 0.5) is 4.79 Å². The Morgan fingerprint density at radius 2 is 1.56 bits per heavy atom. The van der Waals surface area contributed by atoms with E-state index in [1.165, 1.54) is 0 Å². The number of carbonyl (C=O) groups excluding carboxylic acids is 2. The van der Waals surface area contributed by atoms with Crippen LogP contribution in [-0.4, -0.2) is 52.3 Å². The minimum atomic E-state index is -0.633. The number of benzene rings is 2. The summed E-state index contributed by atoms with van der Waals surface area (Å²) in [5.74, 6) is -0.369. The molecule has 0 saturated heterocycles. The van der Waals surface area contributed by atoms with E-state index in [-0.39, 0.29) is 11.9 Å². The quantitative estimate of drug-likeness (QED) is 0.193. The molecular weight excluding hydrogens is 458 g/mol. The zero-order chi connectivity index (χ0) is 26.7. The van der Waals surface area contributed by atoms with Crippen molar-refractivity contribution in [1.82, 2.24) is 4.90 Å². The molecule has 1 heterocycles. The largest absolute Gasteiger partial charge is 0.456 e. The summed E-state index contributed by atoms with van der Waals surface area (Å²) in [7, 11) is 0. The molecule has 1 amide bonds. The normalized spacial score (nSPS) is 14.8. The Labute approximate surface area is 212 Å². The molecule has 2 aromatic rings. The maximum Gasteiger partial charge on any atom is 0.410 e. The first-order valence-corrected chi connectivity index (χ1v) is 11.9. The van der Waals surface area contributed by atoms with Crippen LogP contribution in [0.1, 0.15) is 69.4 Å². The molecule has 1 aliphatic rings. The molecule has 0 radical (unpaired) electrons. The van der Waals surface area contributed by atoms with Crippen molar-refractivity contribution in [2.24, 2.45) is 10.9 Å². The number of amides is 1. The standard InChI is InChI=1S/C28H35N3O5/c1-27(2,3)35-25(32)22-12-11-21(18-7-9-20(10-8-18)24(29)30-34)17-23(22)19-13-15-31(16-14-19)26(33)36-28(4,5)6/h7-13,17,34H,14-16H2,1-6H3,(H2,29,30). The van der Waals surface area contributed by atoms with Crippen molar-refractivity contribution in [2.75, 3.05) is 13.1 Å². The molecule has 3 rings (SSSR count). The highest BCUT2D eigenvalue weighted by atomic mass is 16.6. The lowest BCUT2D eigenvalue weighted by Crippen LogP contribution is -2.39. The van der Waals surface area contributed by atoms with Crippen LogP contribution in [0.3, 0.4) is 0 Å². The summed E-state index contributed by atoms with van der Waals surface area (Å²) in [5, 5.41) is 11.9. The molecule has 0 spiro atoms. The van der Waals surface area contributed by atoms with Gasteiger partial charge in [0, 0.05) is 18.7 Å². The van der Waals surface area contributed by atoms with Crippen LogP contribution in [-0.2, 0) is 9.47 Å². The summed E-state index contributed by atoms with van der Waals surface area (Å²) < 4.78 is 11.2. The first kappa shape index (κ1) is 26.8. The second-order valence-electron chi connectivity index (χ2n) is 10.7. The first-order valence-electron chi connectivity index (χ1n) is 11.9. The van der Waals surface area contributed by atoms with E-state index in [0.29, 0.717) is 30.6 Å². The number of hydrogen-bond donors (Lipinski definition) is 2. The van der Waals surface area contributed by atoms with Gasteiger partial charge in [-0.2, -0.15) is 0 Å². The molecule has 192 valence electrons. The smallest absolute Gasteiger partial charge is 0.410 e. The van der Waals surface area contributed by atoms with Gasteiger partial charge in [-0.25, -0.2) is 9.59 Å². The molecule has 8 heteroatoms. The van der Waals surface area contributed by atoms with E-state index in [1.807, 2.05) is 71.9 Å². The van der Waals surface area contributed by atoms with Crippen LogP contribution in [0.5, 0.6) is 0 Å². The Bertz CT molecular complexity index is 1190. The number of oxime groups is 1. The van der Waals surface area contributed by atoms with Crippen LogP contribution in [0, 0.1) is 0 Å². The van der Waals surface area contributed by atoms with Crippen molar-refractivity contribution in [1.29, 1.82) is 0 Å². The van der Waals surface area contributed by atoms with Gasteiger partial charge in [-0.1, -0.05) is 41.6 Å². The predicted molar refractivity (Wildman–Crippen MR) is 140 cm³/mol. The Kier molecular flexibility index (Phi) is 7.77. The SMILES string of the molecule is CC(C)(C)OC(=O)c1ccc(-c2ccc(C(N)=NO)cc2)cc1C1=CCN(C(=O)OC(C)(C)C)CC1. The molecule has 1 aliphatic heterocycles. The average molecular weight is 494 g/mol. The summed E-state index contributed by atoms with van der Waals surface area (Å²) in [4.78, 5) is 27.2. The molecule has 8 nitrogen and oxygen atoms in total. The highest BCUT2D eigenvalue weighted by Crippen LogP contribution is 2.32. The van der Waals surface area contributed by atoms with Crippen LogP contribution in [0.2, 0.25) is 0 Å². The van der Waals surface area contributed by atoms with Crippen molar-refractivity contribution in [3.63, 3.8) is 0 Å². The zero-order valence-corrected chi connectivity index (χ0v) is 21.8. The van der Waals surface area contributed by atoms with E-state index >= 15 is 0 Å². The van der Waals surface area contributed by atoms with Crippen molar-refractivity contribution < 1.29 is 24.3 Å². The number of ether oxygens (including phenoxy) is 2. The van der Waals surface area contributed by atoms with E-state index in [0.717, 1.165) is 22.3 Å². The van der Waals surface area contributed by atoms with Gasteiger partial charge >= 0.3 is 12.1 Å². The van der Waals surface area contributed by atoms with Crippen LogP contribution in [0.15, 0.2) is 53.7 Å². The van der Waals surface area contributed by atoms with Crippen molar-refractivity contribution in [2.45, 2.75) is 59.2 Å². The number of amidine groups is 1. The summed E-state index contributed by atoms with van der Waals surface area (Å²) in [5.41, 5.74) is 9.10. The lowest BCUT2D eigenvalue weighted by atomic mass is 9.91. The number of nitrogens with zero attached hydrogens (tertiary/aromatic N) is 2. The molecule has 3 N–H and O–H groups in total. The fourth-order valence-corrected chi connectivity index (χ4v) is 3.80. The molecule has 0 fully saturated rings. The van der Waals surface area contributed by atoms with Gasteiger partial charge in [-0.3, -0.25) is 0 Å². The molecule has 0 saturated carbocycles. The molecule has 0 aliphatic carbocycles. The Balaban J connectivity index is 1.97. The number of rotatable bonds is 4. The highest BCUT2D eigenvalue weighted by molar-refractivity contribution is 5.98. The fourth-order valence-electron chi connectivity index (χ4n) is 3.80. The monoisotopic (exact) mass is 493 g/mol. The molecule has 0 unspecified atom stereocenters. The summed E-state index contributed by atoms with van der Waals surface area (Å²) in [6.07, 6.45) is 2.17.